The van der Waals surface area contributed by atoms with E-state index in [9.17, 15) is 9.59 Å². The van der Waals surface area contributed by atoms with Crippen molar-refractivity contribution in [3.8, 4) is 0 Å². The van der Waals surface area contributed by atoms with Gasteiger partial charge in [-0.25, -0.2) is 4.98 Å². The summed E-state index contributed by atoms with van der Waals surface area (Å²) in [7, 11) is 0. The highest BCUT2D eigenvalue weighted by Crippen LogP contribution is 2.29. The Labute approximate surface area is 145 Å². The van der Waals surface area contributed by atoms with Crippen molar-refractivity contribution in [1.82, 2.24) is 15.2 Å². The van der Waals surface area contributed by atoms with E-state index in [0.717, 1.165) is 23.5 Å². The fourth-order valence-corrected chi connectivity index (χ4v) is 4.55. The largest absolute Gasteiger partial charge is 0.355 e. The lowest BCUT2D eigenvalue weighted by molar-refractivity contribution is -0.130. The number of nitrogens with zero attached hydrogens (tertiary/aromatic N) is 2. The molecule has 0 spiro atoms. The smallest absolute Gasteiger partial charge is 0.225 e. The Kier molecular flexibility index (Phi) is 5.21. The predicted octanol–water partition coefficient (Wildman–Crippen LogP) is 2.55. The molecule has 2 heterocycles. The minimum atomic E-state index is -0.204. The molecule has 0 bridgehead atoms. The zero-order chi connectivity index (χ0) is 16.4. The average molecular weight is 356 g/mol. The summed E-state index contributed by atoms with van der Waals surface area (Å²) in [5, 5.41) is 3.87. The van der Waals surface area contributed by atoms with Gasteiger partial charge >= 0.3 is 0 Å². The van der Waals surface area contributed by atoms with Crippen molar-refractivity contribution in [3.63, 3.8) is 0 Å². The van der Waals surface area contributed by atoms with E-state index in [0.29, 0.717) is 36.3 Å². The summed E-state index contributed by atoms with van der Waals surface area (Å²) in [6.07, 6.45) is 5.60. The van der Waals surface area contributed by atoms with Gasteiger partial charge in [-0.15, -0.1) is 11.3 Å². The summed E-state index contributed by atoms with van der Waals surface area (Å²) in [6.45, 7) is 3.00. The summed E-state index contributed by atoms with van der Waals surface area (Å²) in [5.41, 5.74) is 0.839. The van der Waals surface area contributed by atoms with Crippen LogP contribution in [0.25, 0.3) is 0 Å². The number of nitrogens with one attached hydrogen (secondary N) is 1. The highest BCUT2D eigenvalue weighted by molar-refractivity contribution is 7.16. The zero-order valence-electron chi connectivity index (χ0n) is 13.3. The number of hydrogen-bond donors (Lipinski definition) is 1. The fraction of sp³-hybridized carbons (Fsp3) is 0.688. The van der Waals surface area contributed by atoms with Gasteiger partial charge in [-0.1, -0.05) is 24.4 Å². The maximum atomic E-state index is 12.3. The molecule has 0 aromatic carbocycles. The summed E-state index contributed by atoms with van der Waals surface area (Å²) in [6, 6.07) is 0.362. The van der Waals surface area contributed by atoms with E-state index >= 15 is 0 Å². The Hall–Kier alpha value is -1.14. The topological polar surface area (TPSA) is 62.3 Å². The lowest BCUT2D eigenvalue weighted by Crippen LogP contribution is -2.37. The number of thiazole rings is 1. The van der Waals surface area contributed by atoms with Crippen LogP contribution in [0.1, 0.15) is 42.8 Å². The van der Waals surface area contributed by atoms with Gasteiger partial charge < -0.3 is 10.2 Å². The lowest BCUT2D eigenvalue weighted by Gasteiger charge is -2.23. The van der Waals surface area contributed by atoms with Gasteiger partial charge in [0.15, 0.2) is 0 Å². The number of halogens is 1. The second-order valence-electron chi connectivity index (χ2n) is 6.39. The molecule has 7 heteroatoms. The average Bonchev–Trinajstić information content (AvgIpc) is 3.21. The van der Waals surface area contributed by atoms with Crippen LogP contribution in [0.4, 0.5) is 0 Å². The van der Waals surface area contributed by atoms with Crippen LogP contribution in [-0.2, 0) is 16.0 Å². The third kappa shape index (κ3) is 3.86. The van der Waals surface area contributed by atoms with Gasteiger partial charge in [-0.3, -0.25) is 9.59 Å². The second kappa shape index (κ2) is 7.18. The van der Waals surface area contributed by atoms with Crippen molar-refractivity contribution in [2.45, 2.75) is 51.5 Å². The first-order valence-electron chi connectivity index (χ1n) is 8.23. The number of likely N-dealkylation sites (tertiary alicyclic amines) is 1. The molecule has 1 aliphatic heterocycles. The Bertz CT molecular complexity index is 579. The van der Waals surface area contributed by atoms with E-state index in [1.54, 1.807) is 0 Å². The SMILES string of the molecule is Cc1nc(CCNC(=O)[C@H]2CC(=O)N(C3CCCC3)C2)sc1Cl. The fourth-order valence-electron chi connectivity index (χ4n) is 3.45. The van der Waals surface area contributed by atoms with Crippen LogP contribution in [0.15, 0.2) is 0 Å². The first-order chi connectivity index (χ1) is 11.0. The van der Waals surface area contributed by atoms with Gasteiger partial charge in [0, 0.05) is 32.0 Å². The van der Waals surface area contributed by atoms with Crippen molar-refractivity contribution in [1.29, 1.82) is 0 Å². The van der Waals surface area contributed by atoms with E-state index in [2.05, 4.69) is 10.3 Å². The van der Waals surface area contributed by atoms with Crippen molar-refractivity contribution >= 4 is 34.8 Å². The van der Waals surface area contributed by atoms with Crippen LogP contribution in [0.3, 0.4) is 0 Å². The molecule has 1 aliphatic carbocycles. The van der Waals surface area contributed by atoms with Gasteiger partial charge in [-0.2, -0.15) is 0 Å². The van der Waals surface area contributed by atoms with Gasteiger partial charge in [0.2, 0.25) is 11.8 Å². The summed E-state index contributed by atoms with van der Waals surface area (Å²) < 4.78 is 0.708. The monoisotopic (exact) mass is 355 g/mol. The number of carbonyl (C=O) groups is 2. The highest BCUT2D eigenvalue weighted by atomic mass is 35.5. The Morgan fingerprint density at radius 3 is 2.83 bits per heavy atom. The van der Waals surface area contributed by atoms with Crippen molar-refractivity contribution in [2.24, 2.45) is 5.92 Å². The molecule has 1 aromatic rings. The molecule has 3 rings (SSSR count). The molecular formula is C16H22ClN3O2S. The maximum Gasteiger partial charge on any atom is 0.225 e. The molecule has 23 heavy (non-hydrogen) atoms. The first-order valence-corrected chi connectivity index (χ1v) is 9.43. The van der Waals surface area contributed by atoms with Crippen molar-refractivity contribution in [3.05, 3.63) is 15.0 Å². The van der Waals surface area contributed by atoms with Crippen LogP contribution in [0, 0.1) is 12.8 Å². The lowest BCUT2D eigenvalue weighted by atomic mass is 10.1. The van der Waals surface area contributed by atoms with Gasteiger partial charge in [0.1, 0.15) is 4.34 Å². The molecule has 2 amide bonds. The van der Waals surface area contributed by atoms with E-state index in [4.69, 9.17) is 11.6 Å². The Morgan fingerprint density at radius 2 is 2.17 bits per heavy atom. The summed E-state index contributed by atoms with van der Waals surface area (Å²) in [4.78, 5) is 30.7. The molecule has 1 N–H and O–H groups in total. The molecule has 5 nitrogen and oxygen atoms in total. The highest BCUT2D eigenvalue weighted by Gasteiger charge is 2.38. The van der Waals surface area contributed by atoms with Crippen LogP contribution in [0.2, 0.25) is 4.34 Å². The molecule has 1 saturated carbocycles. The minimum Gasteiger partial charge on any atom is -0.355 e. The standard InChI is InChI=1S/C16H22ClN3O2S/c1-10-15(17)23-13(19-10)6-7-18-16(22)11-8-14(21)20(9-11)12-4-2-3-5-12/h11-12H,2-9H2,1H3,(H,18,22)/t11-/m0/s1. The number of rotatable bonds is 5. The molecular weight excluding hydrogens is 334 g/mol. The number of hydrogen-bond acceptors (Lipinski definition) is 4. The van der Waals surface area contributed by atoms with Crippen molar-refractivity contribution in [2.75, 3.05) is 13.1 Å². The first kappa shape index (κ1) is 16.7. The molecule has 1 saturated heterocycles. The van der Waals surface area contributed by atoms with E-state index in [1.165, 1.54) is 24.2 Å². The van der Waals surface area contributed by atoms with Gasteiger partial charge in [-0.05, 0) is 19.8 Å². The number of carbonyl (C=O) groups excluding carboxylic acids is 2. The van der Waals surface area contributed by atoms with Crippen LogP contribution in [0.5, 0.6) is 0 Å². The van der Waals surface area contributed by atoms with Crippen LogP contribution < -0.4 is 5.32 Å². The number of aryl methyl sites for hydroxylation is 1. The second-order valence-corrected chi connectivity index (χ2v) is 8.08. The molecule has 126 valence electrons. The van der Waals surface area contributed by atoms with Crippen LogP contribution >= 0.6 is 22.9 Å². The Morgan fingerprint density at radius 1 is 1.43 bits per heavy atom. The Balaban J connectivity index is 1.46. The molecule has 0 radical (unpaired) electrons. The van der Waals surface area contributed by atoms with Crippen molar-refractivity contribution < 1.29 is 9.59 Å². The zero-order valence-corrected chi connectivity index (χ0v) is 14.9. The normalized spacial score (nSPS) is 22.1. The molecule has 2 fully saturated rings. The molecule has 1 aromatic heterocycles. The minimum absolute atomic E-state index is 0.0155. The number of amides is 2. The molecule has 1 atom stereocenters. The van der Waals surface area contributed by atoms with Gasteiger partial charge in [0.25, 0.3) is 0 Å². The molecule has 0 unspecified atom stereocenters. The number of aromatic nitrogens is 1. The van der Waals surface area contributed by atoms with Crippen LogP contribution in [-0.4, -0.2) is 40.8 Å². The predicted molar refractivity (Wildman–Crippen MR) is 90.7 cm³/mol. The van der Waals surface area contributed by atoms with Gasteiger partial charge in [0.05, 0.1) is 16.6 Å². The maximum absolute atomic E-state index is 12.3. The van der Waals surface area contributed by atoms with E-state index in [1.807, 2.05) is 11.8 Å². The third-order valence-corrected chi connectivity index (χ3v) is 6.23. The van der Waals surface area contributed by atoms with E-state index < -0.39 is 0 Å². The quantitative estimate of drug-likeness (QED) is 0.882. The summed E-state index contributed by atoms with van der Waals surface area (Å²) >= 11 is 7.45. The summed E-state index contributed by atoms with van der Waals surface area (Å²) in [5.74, 6) is -0.0812. The third-order valence-electron chi connectivity index (χ3n) is 4.72. The molecule has 2 aliphatic rings. The van der Waals surface area contributed by atoms with E-state index in [-0.39, 0.29) is 17.7 Å².